The van der Waals surface area contributed by atoms with E-state index < -0.39 is 21.6 Å². The lowest BCUT2D eigenvalue weighted by atomic mass is 10.1. The fourth-order valence-electron chi connectivity index (χ4n) is 3.14. The van der Waals surface area contributed by atoms with Gasteiger partial charge in [-0.15, -0.1) is 0 Å². The van der Waals surface area contributed by atoms with Gasteiger partial charge in [0.25, 0.3) is 0 Å². The van der Waals surface area contributed by atoms with Crippen molar-refractivity contribution in [3.63, 3.8) is 0 Å². The standard InChI is InChI=1S/C19H20N4O5S/c1-4-28-17-8-13(5-6-16(17)27-2)15(11-29(3,25)26)23-18-14(22-19(23)24)7-12(9-20)10-21-18/h5-8,10,15H,4,11H2,1-3H3,(H,22,24). The van der Waals surface area contributed by atoms with Gasteiger partial charge >= 0.3 is 5.69 Å². The average Bonchev–Trinajstić information content (AvgIpc) is 3.00. The number of rotatable bonds is 7. The molecular formula is C19H20N4O5S. The monoisotopic (exact) mass is 416 g/mol. The summed E-state index contributed by atoms with van der Waals surface area (Å²) in [7, 11) is -1.96. The molecule has 9 nitrogen and oxygen atoms in total. The molecule has 0 aliphatic rings. The van der Waals surface area contributed by atoms with Crippen LogP contribution in [0.5, 0.6) is 11.5 Å². The number of fused-ring (bicyclic) bond motifs is 1. The minimum absolute atomic E-state index is 0.261. The first-order chi connectivity index (χ1) is 13.8. The first kappa shape index (κ1) is 20.4. The normalized spacial score (nSPS) is 12.5. The Bertz CT molecular complexity index is 1250. The van der Waals surface area contributed by atoms with Gasteiger partial charge in [0.1, 0.15) is 15.9 Å². The van der Waals surface area contributed by atoms with Crippen LogP contribution in [0.1, 0.15) is 24.1 Å². The summed E-state index contributed by atoms with van der Waals surface area (Å²) in [6, 6.07) is 7.62. The molecule has 29 heavy (non-hydrogen) atoms. The number of methoxy groups -OCH3 is 1. The second-order valence-electron chi connectivity index (χ2n) is 6.46. The van der Waals surface area contributed by atoms with Crippen LogP contribution in [-0.4, -0.2) is 48.7 Å². The Labute approximate surface area is 167 Å². The Balaban J connectivity index is 2.24. The molecule has 2 heterocycles. The summed E-state index contributed by atoms with van der Waals surface area (Å²) in [6.07, 6.45) is 2.44. The van der Waals surface area contributed by atoms with Gasteiger partial charge in [-0.1, -0.05) is 6.07 Å². The highest BCUT2D eigenvalue weighted by molar-refractivity contribution is 7.90. The molecule has 0 bridgehead atoms. The van der Waals surface area contributed by atoms with Gasteiger partial charge in [-0.25, -0.2) is 18.2 Å². The third kappa shape index (κ3) is 4.25. The van der Waals surface area contributed by atoms with Gasteiger partial charge in [0.2, 0.25) is 0 Å². The number of nitrogens with zero attached hydrogens (tertiary/aromatic N) is 3. The molecule has 0 amide bonds. The predicted molar refractivity (Wildman–Crippen MR) is 107 cm³/mol. The molecule has 10 heteroatoms. The summed E-state index contributed by atoms with van der Waals surface area (Å²) in [6.45, 7) is 2.21. The van der Waals surface area contributed by atoms with Gasteiger partial charge in [-0.05, 0) is 30.7 Å². The Morgan fingerprint density at radius 2 is 2.07 bits per heavy atom. The number of nitrogens with one attached hydrogen (secondary N) is 1. The van der Waals surface area contributed by atoms with Crippen molar-refractivity contribution in [2.75, 3.05) is 25.7 Å². The molecule has 1 N–H and O–H groups in total. The Morgan fingerprint density at radius 1 is 1.31 bits per heavy atom. The molecule has 1 atom stereocenters. The second kappa shape index (κ2) is 7.97. The van der Waals surface area contributed by atoms with Gasteiger partial charge in [-0.3, -0.25) is 4.57 Å². The van der Waals surface area contributed by atoms with Crippen LogP contribution in [0.4, 0.5) is 0 Å². The van der Waals surface area contributed by atoms with Crippen molar-refractivity contribution in [3.8, 4) is 17.6 Å². The van der Waals surface area contributed by atoms with Crippen molar-refractivity contribution in [2.45, 2.75) is 13.0 Å². The van der Waals surface area contributed by atoms with Crippen LogP contribution in [0.3, 0.4) is 0 Å². The van der Waals surface area contributed by atoms with Gasteiger partial charge in [0.15, 0.2) is 17.1 Å². The molecule has 0 fully saturated rings. The number of aromatic nitrogens is 3. The van der Waals surface area contributed by atoms with Gasteiger partial charge in [0, 0.05) is 12.5 Å². The molecule has 3 rings (SSSR count). The molecule has 2 aromatic heterocycles. The highest BCUT2D eigenvalue weighted by atomic mass is 32.2. The van der Waals surface area contributed by atoms with E-state index in [0.717, 1.165) is 6.26 Å². The molecule has 1 aromatic carbocycles. The van der Waals surface area contributed by atoms with Gasteiger partial charge in [0.05, 0.1) is 36.6 Å². The third-order valence-corrected chi connectivity index (χ3v) is 5.25. The van der Waals surface area contributed by atoms with Crippen LogP contribution >= 0.6 is 0 Å². The van der Waals surface area contributed by atoms with E-state index in [9.17, 15) is 13.2 Å². The van der Waals surface area contributed by atoms with E-state index in [1.807, 2.05) is 13.0 Å². The van der Waals surface area contributed by atoms with Crippen molar-refractivity contribution < 1.29 is 17.9 Å². The summed E-state index contributed by atoms with van der Waals surface area (Å²) in [5.41, 5.74) is 0.926. The van der Waals surface area contributed by atoms with E-state index in [4.69, 9.17) is 14.7 Å². The first-order valence-corrected chi connectivity index (χ1v) is 10.8. The maximum absolute atomic E-state index is 12.7. The minimum atomic E-state index is -3.46. The van der Waals surface area contributed by atoms with Crippen LogP contribution in [0.2, 0.25) is 0 Å². The van der Waals surface area contributed by atoms with Crippen LogP contribution in [-0.2, 0) is 9.84 Å². The first-order valence-electron chi connectivity index (χ1n) is 8.76. The van der Waals surface area contributed by atoms with E-state index in [2.05, 4.69) is 9.97 Å². The number of ether oxygens (including phenoxy) is 2. The summed E-state index contributed by atoms with van der Waals surface area (Å²) < 4.78 is 36.5. The largest absolute Gasteiger partial charge is 0.493 e. The number of benzene rings is 1. The predicted octanol–water partition coefficient (Wildman–Crippen LogP) is 1.64. The van der Waals surface area contributed by atoms with Crippen molar-refractivity contribution >= 4 is 21.0 Å². The number of hydrogen-bond acceptors (Lipinski definition) is 7. The number of imidazole rings is 1. The van der Waals surface area contributed by atoms with E-state index >= 15 is 0 Å². The average molecular weight is 416 g/mol. The van der Waals surface area contributed by atoms with E-state index in [1.54, 1.807) is 18.2 Å². The maximum atomic E-state index is 12.7. The molecule has 0 radical (unpaired) electrons. The Kier molecular flexibility index (Phi) is 5.61. The molecule has 0 saturated heterocycles. The van der Waals surface area contributed by atoms with Crippen molar-refractivity contribution in [1.82, 2.24) is 14.5 Å². The van der Waals surface area contributed by atoms with E-state index in [-0.39, 0.29) is 17.0 Å². The lowest BCUT2D eigenvalue weighted by Crippen LogP contribution is -2.28. The molecule has 0 spiro atoms. The van der Waals surface area contributed by atoms with Crippen molar-refractivity contribution in [2.24, 2.45) is 0 Å². The molecule has 0 aliphatic carbocycles. The zero-order valence-corrected chi connectivity index (χ0v) is 17.0. The lowest BCUT2D eigenvalue weighted by molar-refractivity contribution is 0.310. The zero-order chi connectivity index (χ0) is 21.2. The van der Waals surface area contributed by atoms with Crippen molar-refractivity contribution in [3.05, 3.63) is 52.1 Å². The number of hydrogen-bond donors (Lipinski definition) is 1. The van der Waals surface area contributed by atoms with Crippen LogP contribution in [0.15, 0.2) is 35.3 Å². The second-order valence-corrected chi connectivity index (χ2v) is 8.64. The maximum Gasteiger partial charge on any atom is 0.328 e. The van der Waals surface area contributed by atoms with Gasteiger partial charge in [-0.2, -0.15) is 5.26 Å². The van der Waals surface area contributed by atoms with Crippen LogP contribution in [0.25, 0.3) is 11.2 Å². The Morgan fingerprint density at radius 3 is 2.69 bits per heavy atom. The van der Waals surface area contributed by atoms with Gasteiger partial charge < -0.3 is 14.5 Å². The van der Waals surface area contributed by atoms with Crippen molar-refractivity contribution in [1.29, 1.82) is 5.26 Å². The minimum Gasteiger partial charge on any atom is -0.493 e. The summed E-state index contributed by atoms with van der Waals surface area (Å²) in [5, 5.41) is 9.05. The molecule has 0 aliphatic heterocycles. The molecular weight excluding hydrogens is 396 g/mol. The number of H-pyrrole nitrogens is 1. The summed E-state index contributed by atoms with van der Waals surface area (Å²) in [5.74, 6) is 0.620. The van der Waals surface area contributed by atoms with Crippen LogP contribution < -0.4 is 15.2 Å². The molecule has 0 saturated carbocycles. The summed E-state index contributed by atoms with van der Waals surface area (Å²) >= 11 is 0. The fraction of sp³-hybridized carbons (Fsp3) is 0.316. The fourth-order valence-corrected chi connectivity index (χ4v) is 4.05. The number of aromatic amines is 1. The summed E-state index contributed by atoms with van der Waals surface area (Å²) in [4.78, 5) is 19.5. The van der Waals surface area contributed by atoms with E-state index in [0.29, 0.717) is 29.2 Å². The number of nitriles is 1. The molecule has 152 valence electrons. The topological polar surface area (TPSA) is 127 Å². The lowest BCUT2D eigenvalue weighted by Gasteiger charge is -2.20. The highest BCUT2D eigenvalue weighted by Gasteiger charge is 2.25. The SMILES string of the molecule is CCOc1cc(C(CS(C)(=O)=O)n2c(=O)[nH]c3cc(C#N)cnc32)ccc1OC. The highest BCUT2D eigenvalue weighted by Crippen LogP contribution is 2.32. The van der Waals surface area contributed by atoms with E-state index in [1.165, 1.54) is 23.9 Å². The third-order valence-electron chi connectivity index (χ3n) is 4.33. The smallest absolute Gasteiger partial charge is 0.328 e. The molecule has 3 aromatic rings. The zero-order valence-electron chi connectivity index (χ0n) is 16.2. The quantitative estimate of drug-likeness (QED) is 0.620. The number of pyridine rings is 1. The molecule has 1 unspecified atom stereocenters. The Hall–Kier alpha value is -3.32. The number of sulfone groups is 1. The van der Waals surface area contributed by atoms with Crippen LogP contribution in [0, 0.1) is 11.3 Å².